The maximum absolute atomic E-state index is 12.0. The van der Waals surface area contributed by atoms with Gasteiger partial charge in [0, 0.05) is 33.0 Å². The number of carbonyl (C=O) groups excluding carboxylic acids is 1. The lowest BCUT2D eigenvalue weighted by atomic mass is 9.73. The molecule has 2 aliphatic rings. The molecule has 3 rings (SSSR count). The second-order valence-corrected chi connectivity index (χ2v) is 7.77. The largest absolute Gasteiger partial charge is 0.483 e. The third-order valence-corrected chi connectivity index (χ3v) is 5.74. The SMILES string of the molecule is COCC(=O)N[C@]1(C)CCOC2(CCN(c3ccc(C(=O)O)cn3)CC2)[C@H]1O.O=CO. The van der Waals surface area contributed by atoms with Gasteiger partial charge in [0.05, 0.1) is 16.7 Å². The molecule has 0 aromatic carbocycles. The average Bonchev–Trinajstić information content (AvgIpc) is 2.73. The Hall–Kier alpha value is -2.76. The highest BCUT2D eigenvalue weighted by Crippen LogP contribution is 2.40. The summed E-state index contributed by atoms with van der Waals surface area (Å²) < 4.78 is 10.9. The van der Waals surface area contributed by atoms with Crippen molar-refractivity contribution in [3.8, 4) is 0 Å². The number of hydrogen-bond acceptors (Lipinski definition) is 8. The van der Waals surface area contributed by atoms with Crippen LogP contribution in [0.1, 0.15) is 36.5 Å². The summed E-state index contributed by atoms with van der Waals surface area (Å²) in [5.41, 5.74) is -1.37. The van der Waals surface area contributed by atoms with E-state index in [0.717, 1.165) is 0 Å². The third-order valence-electron chi connectivity index (χ3n) is 5.74. The molecule has 1 spiro atoms. The van der Waals surface area contributed by atoms with E-state index >= 15 is 0 Å². The van der Waals surface area contributed by atoms with E-state index in [4.69, 9.17) is 24.5 Å². The maximum Gasteiger partial charge on any atom is 0.337 e. The van der Waals surface area contributed by atoms with Crippen LogP contribution in [0.25, 0.3) is 0 Å². The highest BCUT2D eigenvalue weighted by molar-refractivity contribution is 5.87. The molecule has 1 amide bonds. The van der Waals surface area contributed by atoms with Crippen LogP contribution >= 0.6 is 0 Å². The van der Waals surface area contributed by atoms with E-state index in [0.29, 0.717) is 44.8 Å². The molecule has 172 valence electrons. The van der Waals surface area contributed by atoms with Crippen LogP contribution in [0.2, 0.25) is 0 Å². The van der Waals surface area contributed by atoms with Crippen LogP contribution in [-0.4, -0.2) is 89.3 Å². The molecule has 11 heteroatoms. The van der Waals surface area contributed by atoms with Crippen LogP contribution in [0.4, 0.5) is 5.82 Å². The standard InChI is InChI=1S/C19H27N3O6.CH2O2/c1-18(21-15(23)12-27-2)7-10-28-19(17(18)26)5-8-22(9-6-19)14-4-3-13(11-20-14)16(24)25;2-1-3/h3-4,11,17,26H,5-10,12H2,1-2H3,(H,21,23)(H,24,25);1H,(H,2,3)/t17-,18+;/m0./s1. The summed E-state index contributed by atoms with van der Waals surface area (Å²) in [4.78, 5) is 37.6. The van der Waals surface area contributed by atoms with E-state index in [1.54, 1.807) is 6.07 Å². The van der Waals surface area contributed by atoms with Crippen LogP contribution < -0.4 is 10.2 Å². The molecule has 2 fully saturated rings. The molecule has 31 heavy (non-hydrogen) atoms. The first kappa shape index (κ1) is 24.5. The summed E-state index contributed by atoms with van der Waals surface area (Å²) in [6, 6.07) is 3.22. The zero-order chi connectivity index (χ0) is 23.1. The van der Waals surface area contributed by atoms with Gasteiger partial charge in [-0.1, -0.05) is 0 Å². The molecule has 3 heterocycles. The number of amides is 1. The number of aliphatic hydroxyl groups is 1. The zero-order valence-corrected chi connectivity index (χ0v) is 17.6. The Morgan fingerprint density at radius 1 is 1.35 bits per heavy atom. The normalized spacial score (nSPS) is 24.6. The number of carbonyl (C=O) groups is 3. The number of nitrogens with zero attached hydrogens (tertiary/aromatic N) is 2. The van der Waals surface area contributed by atoms with Gasteiger partial charge in [0.15, 0.2) is 0 Å². The summed E-state index contributed by atoms with van der Waals surface area (Å²) in [7, 11) is 1.45. The number of ether oxygens (including phenoxy) is 2. The predicted molar refractivity (Wildman–Crippen MR) is 109 cm³/mol. The second-order valence-electron chi connectivity index (χ2n) is 7.77. The van der Waals surface area contributed by atoms with Gasteiger partial charge in [0.2, 0.25) is 5.91 Å². The van der Waals surface area contributed by atoms with Crippen molar-refractivity contribution in [1.82, 2.24) is 10.3 Å². The topological polar surface area (TPSA) is 159 Å². The van der Waals surface area contributed by atoms with E-state index in [1.807, 2.05) is 11.8 Å². The molecule has 1 aromatic rings. The number of piperidine rings is 1. The van der Waals surface area contributed by atoms with Gasteiger partial charge in [-0.15, -0.1) is 0 Å². The van der Waals surface area contributed by atoms with E-state index in [2.05, 4.69) is 10.3 Å². The van der Waals surface area contributed by atoms with Crippen molar-refractivity contribution in [2.75, 3.05) is 38.3 Å². The van der Waals surface area contributed by atoms with Crippen molar-refractivity contribution in [1.29, 1.82) is 0 Å². The molecule has 4 N–H and O–H groups in total. The van der Waals surface area contributed by atoms with Gasteiger partial charge in [-0.2, -0.15) is 0 Å². The van der Waals surface area contributed by atoms with Gasteiger partial charge in [-0.3, -0.25) is 9.59 Å². The number of aromatic nitrogens is 1. The molecule has 0 aliphatic carbocycles. The Bertz CT molecular complexity index is 764. The second kappa shape index (κ2) is 10.5. The van der Waals surface area contributed by atoms with Crippen molar-refractivity contribution in [3.63, 3.8) is 0 Å². The molecule has 0 unspecified atom stereocenters. The van der Waals surface area contributed by atoms with E-state index in [-0.39, 0.29) is 24.5 Å². The van der Waals surface area contributed by atoms with Gasteiger partial charge in [-0.05, 0) is 38.3 Å². The lowest BCUT2D eigenvalue weighted by Gasteiger charge is -2.53. The van der Waals surface area contributed by atoms with Crippen LogP contribution in [-0.2, 0) is 19.1 Å². The summed E-state index contributed by atoms with van der Waals surface area (Å²) in [5.74, 6) is -0.576. The lowest BCUT2D eigenvalue weighted by molar-refractivity contribution is -0.198. The van der Waals surface area contributed by atoms with Crippen molar-refractivity contribution >= 4 is 24.2 Å². The molecule has 0 saturated carbocycles. The number of methoxy groups -OCH3 is 1. The van der Waals surface area contributed by atoms with Gasteiger partial charge in [-0.25, -0.2) is 9.78 Å². The van der Waals surface area contributed by atoms with Crippen LogP contribution in [0.3, 0.4) is 0 Å². The zero-order valence-electron chi connectivity index (χ0n) is 17.6. The molecular weight excluding hydrogens is 410 g/mol. The van der Waals surface area contributed by atoms with Crippen molar-refractivity contribution < 1.29 is 39.2 Å². The number of hydrogen-bond donors (Lipinski definition) is 4. The summed E-state index contributed by atoms with van der Waals surface area (Å²) in [5, 5.41) is 29.9. The fourth-order valence-corrected chi connectivity index (χ4v) is 4.11. The molecule has 2 atom stereocenters. The van der Waals surface area contributed by atoms with Gasteiger partial charge in [0.1, 0.15) is 18.5 Å². The smallest absolute Gasteiger partial charge is 0.337 e. The van der Waals surface area contributed by atoms with Gasteiger partial charge < -0.3 is 35.0 Å². The van der Waals surface area contributed by atoms with Crippen LogP contribution in [0, 0.1) is 0 Å². The summed E-state index contributed by atoms with van der Waals surface area (Å²) in [6.45, 7) is 3.21. The maximum atomic E-state index is 12.0. The number of aliphatic hydroxyl groups excluding tert-OH is 1. The molecule has 1 aromatic heterocycles. The van der Waals surface area contributed by atoms with Crippen molar-refractivity contribution in [2.45, 2.75) is 43.4 Å². The van der Waals surface area contributed by atoms with E-state index < -0.39 is 23.2 Å². The molecule has 2 saturated heterocycles. The Labute approximate surface area is 180 Å². The fraction of sp³-hybridized carbons (Fsp3) is 0.600. The highest BCUT2D eigenvalue weighted by Gasteiger charge is 2.53. The Kier molecular flexibility index (Phi) is 8.31. The first-order valence-electron chi connectivity index (χ1n) is 9.85. The Morgan fingerprint density at radius 2 is 2.00 bits per heavy atom. The van der Waals surface area contributed by atoms with Gasteiger partial charge >= 0.3 is 5.97 Å². The number of carboxylic acids is 1. The average molecular weight is 439 g/mol. The fourth-order valence-electron chi connectivity index (χ4n) is 4.11. The Morgan fingerprint density at radius 3 is 2.52 bits per heavy atom. The van der Waals surface area contributed by atoms with Crippen molar-refractivity contribution in [2.24, 2.45) is 0 Å². The molecule has 0 radical (unpaired) electrons. The molecular formula is C20H29N3O8. The minimum absolute atomic E-state index is 0.0536. The van der Waals surface area contributed by atoms with Crippen LogP contribution in [0.5, 0.6) is 0 Å². The Balaban J connectivity index is 0.00000107. The number of nitrogens with one attached hydrogen (secondary N) is 1. The minimum Gasteiger partial charge on any atom is -0.483 e. The van der Waals surface area contributed by atoms with E-state index in [1.165, 1.54) is 19.4 Å². The lowest BCUT2D eigenvalue weighted by Crippen LogP contribution is -2.69. The highest BCUT2D eigenvalue weighted by atomic mass is 16.5. The van der Waals surface area contributed by atoms with E-state index in [9.17, 15) is 14.7 Å². The minimum atomic E-state index is -1.01. The third kappa shape index (κ3) is 5.69. The number of anilines is 1. The number of aromatic carboxylic acids is 1. The number of rotatable bonds is 5. The predicted octanol–water partition coefficient (Wildman–Crippen LogP) is 0.122. The summed E-state index contributed by atoms with van der Waals surface area (Å²) >= 11 is 0. The number of carboxylic acid groups (broad SMARTS) is 2. The first-order chi connectivity index (χ1) is 14.7. The first-order valence-corrected chi connectivity index (χ1v) is 9.85. The quantitative estimate of drug-likeness (QED) is 0.464. The van der Waals surface area contributed by atoms with Crippen molar-refractivity contribution in [3.05, 3.63) is 23.9 Å². The molecule has 2 aliphatic heterocycles. The van der Waals surface area contributed by atoms with Gasteiger partial charge in [0.25, 0.3) is 6.47 Å². The number of pyridine rings is 1. The van der Waals surface area contributed by atoms with Crippen LogP contribution in [0.15, 0.2) is 18.3 Å². The monoisotopic (exact) mass is 439 g/mol. The summed E-state index contributed by atoms with van der Waals surface area (Å²) in [6.07, 6.45) is 2.17. The molecule has 11 nitrogen and oxygen atoms in total. The molecule has 0 bridgehead atoms.